The summed E-state index contributed by atoms with van der Waals surface area (Å²) in [7, 11) is 3.36. The van der Waals surface area contributed by atoms with Crippen molar-refractivity contribution >= 4 is 5.57 Å². The summed E-state index contributed by atoms with van der Waals surface area (Å²) in [6.45, 7) is 6.31. The van der Waals surface area contributed by atoms with Crippen molar-refractivity contribution < 1.29 is 9.47 Å². The Morgan fingerprint density at radius 3 is 2.24 bits per heavy atom. The number of allylic oxidation sites excluding steroid dienone is 1. The minimum Gasteiger partial charge on any atom is -0.504 e. The van der Waals surface area contributed by atoms with Gasteiger partial charge in [0.05, 0.1) is 20.5 Å². The first-order valence-corrected chi connectivity index (χ1v) is 7.02. The molecule has 2 nitrogen and oxygen atoms in total. The van der Waals surface area contributed by atoms with E-state index in [2.05, 4.69) is 44.2 Å². The molecule has 0 unspecified atom stereocenters. The molecule has 0 fully saturated rings. The van der Waals surface area contributed by atoms with Crippen molar-refractivity contribution in [3.63, 3.8) is 0 Å². The van der Waals surface area contributed by atoms with Gasteiger partial charge in [-0.1, -0.05) is 18.2 Å². The summed E-state index contributed by atoms with van der Waals surface area (Å²) in [6.07, 6.45) is 1.75. The molecule has 0 atom stereocenters. The van der Waals surface area contributed by atoms with E-state index in [1.165, 1.54) is 22.3 Å². The maximum absolute atomic E-state index is 5.46. The van der Waals surface area contributed by atoms with Gasteiger partial charge in [0.1, 0.15) is 5.75 Å². The van der Waals surface area contributed by atoms with Crippen LogP contribution in [0.5, 0.6) is 5.75 Å². The van der Waals surface area contributed by atoms with Crippen molar-refractivity contribution in [1.82, 2.24) is 0 Å². The van der Waals surface area contributed by atoms with Gasteiger partial charge in [-0.15, -0.1) is 0 Å². The van der Waals surface area contributed by atoms with Crippen molar-refractivity contribution in [3.05, 3.63) is 59.4 Å². The van der Waals surface area contributed by atoms with Gasteiger partial charge in [-0.2, -0.15) is 0 Å². The molecule has 2 aromatic carbocycles. The zero-order chi connectivity index (χ0) is 15.4. The molecular weight excluding hydrogens is 260 g/mol. The molecule has 0 heterocycles. The number of hydrogen-bond acceptors (Lipinski definition) is 2. The van der Waals surface area contributed by atoms with E-state index in [1.54, 1.807) is 20.5 Å². The third-order valence-corrected chi connectivity index (χ3v) is 3.66. The van der Waals surface area contributed by atoms with Gasteiger partial charge in [0.15, 0.2) is 0 Å². The molecular formula is C19H22O2. The first-order valence-electron chi connectivity index (χ1n) is 7.02. The molecule has 2 heteroatoms. The predicted octanol–water partition coefficient (Wildman–Crippen LogP) is 4.99. The molecule has 0 radical (unpaired) electrons. The molecule has 21 heavy (non-hydrogen) atoms. The lowest BCUT2D eigenvalue weighted by Gasteiger charge is -2.14. The van der Waals surface area contributed by atoms with Crippen molar-refractivity contribution in [2.24, 2.45) is 0 Å². The Morgan fingerprint density at radius 2 is 1.67 bits per heavy atom. The zero-order valence-electron chi connectivity index (χ0n) is 13.4. The summed E-state index contributed by atoms with van der Waals surface area (Å²) in [5.74, 6) is 0.856. The smallest absolute Gasteiger partial charge is 0.120 e. The van der Waals surface area contributed by atoms with Crippen LogP contribution in [0.2, 0.25) is 0 Å². The SMILES string of the molecule is CO/C=C(\C)c1cc(OC)cc(-c2c(C)cccc2C)c1. The fourth-order valence-electron chi connectivity index (χ4n) is 2.60. The van der Waals surface area contributed by atoms with E-state index in [-0.39, 0.29) is 0 Å². The van der Waals surface area contributed by atoms with Crippen LogP contribution in [0.15, 0.2) is 42.7 Å². The Labute approximate surface area is 127 Å². The van der Waals surface area contributed by atoms with E-state index in [4.69, 9.17) is 9.47 Å². The maximum atomic E-state index is 5.46. The van der Waals surface area contributed by atoms with Crippen LogP contribution in [-0.2, 0) is 4.74 Å². The van der Waals surface area contributed by atoms with Gasteiger partial charge in [0.25, 0.3) is 0 Å². The van der Waals surface area contributed by atoms with Gasteiger partial charge in [0, 0.05) is 0 Å². The molecule has 0 aliphatic rings. The van der Waals surface area contributed by atoms with Crippen molar-refractivity contribution in [1.29, 1.82) is 0 Å². The largest absolute Gasteiger partial charge is 0.504 e. The Hall–Kier alpha value is -2.22. The van der Waals surface area contributed by atoms with Gasteiger partial charge in [-0.3, -0.25) is 0 Å². The van der Waals surface area contributed by atoms with Crippen LogP contribution < -0.4 is 4.74 Å². The highest BCUT2D eigenvalue weighted by Gasteiger charge is 2.09. The summed E-state index contributed by atoms with van der Waals surface area (Å²) >= 11 is 0. The molecule has 2 rings (SSSR count). The normalized spacial score (nSPS) is 11.4. The molecule has 0 amide bonds. The monoisotopic (exact) mass is 282 g/mol. The summed E-state index contributed by atoms with van der Waals surface area (Å²) in [5, 5.41) is 0. The van der Waals surface area contributed by atoms with Crippen LogP contribution in [0.3, 0.4) is 0 Å². The molecule has 0 spiro atoms. The number of hydrogen-bond donors (Lipinski definition) is 0. The van der Waals surface area contributed by atoms with E-state index < -0.39 is 0 Å². The molecule has 0 aromatic heterocycles. The summed E-state index contributed by atoms with van der Waals surface area (Å²) in [4.78, 5) is 0. The number of benzene rings is 2. The maximum Gasteiger partial charge on any atom is 0.120 e. The molecule has 0 aliphatic carbocycles. The average Bonchev–Trinajstić information content (AvgIpc) is 2.47. The van der Waals surface area contributed by atoms with Gasteiger partial charge in [-0.05, 0) is 72.4 Å². The summed E-state index contributed by atoms with van der Waals surface area (Å²) in [5.41, 5.74) is 7.15. The van der Waals surface area contributed by atoms with E-state index in [9.17, 15) is 0 Å². The third kappa shape index (κ3) is 3.27. The van der Waals surface area contributed by atoms with Crippen molar-refractivity contribution in [2.75, 3.05) is 14.2 Å². The second-order valence-corrected chi connectivity index (χ2v) is 5.25. The molecule has 110 valence electrons. The Morgan fingerprint density at radius 1 is 1.00 bits per heavy atom. The van der Waals surface area contributed by atoms with Crippen LogP contribution in [0, 0.1) is 13.8 Å². The molecule has 0 saturated heterocycles. The van der Waals surface area contributed by atoms with Gasteiger partial charge in [-0.25, -0.2) is 0 Å². The van der Waals surface area contributed by atoms with E-state index >= 15 is 0 Å². The standard InChI is InChI=1S/C19H22O2/c1-13-7-6-8-14(2)19(13)17-9-16(15(3)12-20-4)10-18(11-17)21-5/h6-12H,1-5H3/b15-12+. The zero-order valence-corrected chi connectivity index (χ0v) is 13.4. The highest BCUT2D eigenvalue weighted by molar-refractivity contribution is 5.77. The lowest BCUT2D eigenvalue weighted by molar-refractivity contribution is 0.339. The van der Waals surface area contributed by atoms with Crippen LogP contribution in [0.4, 0.5) is 0 Å². The molecule has 0 bridgehead atoms. The van der Waals surface area contributed by atoms with E-state index in [1.807, 2.05) is 13.0 Å². The summed E-state index contributed by atoms with van der Waals surface area (Å²) in [6, 6.07) is 12.7. The molecule has 0 aliphatic heterocycles. The second kappa shape index (κ2) is 6.49. The fraction of sp³-hybridized carbons (Fsp3) is 0.263. The van der Waals surface area contributed by atoms with Crippen LogP contribution in [0.1, 0.15) is 23.6 Å². The van der Waals surface area contributed by atoms with E-state index in [0.29, 0.717) is 0 Å². The minimum absolute atomic E-state index is 0.856. The average molecular weight is 282 g/mol. The Kier molecular flexibility index (Phi) is 4.69. The molecule has 0 N–H and O–H groups in total. The number of aryl methyl sites for hydroxylation is 2. The number of rotatable bonds is 4. The quantitative estimate of drug-likeness (QED) is 0.736. The van der Waals surface area contributed by atoms with E-state index in [0.717, 1.165) is 16.9 Å². The van der Waals surface area contributed by atoms with Gasteiger partial charge in [0.2, 0.25) is 0 Å². The topological polar surface area (TPSA) is 18.5 Å². The Bertz CT molecular complexity index is 649. The van der Waals surface area contributed by atoms with Crippen molar-refractivity contribution in [2.45, 2.75) is 20.8 Å². The lowest BCUT2D eigenvalue weighted by Crippen LogP contribution is -1.92. The second-order valence-electron chi connectivity index (χ2n) is 5.25. The third-order valence-electron chi connectivity index (χ3n) is 3.66. The van der Waals surface area contributed by atoms with Gasteiger partial charge < -0.3 is 9.47 Å². The highest BCUT2D eigenvalue weighted by atomic mass is 16.5. The fourth-order valence-corrected chi connectivity index (χ4v) is 2.60. The first-order chi connectivity index (χ1) is 10.1. The first kappa shape index (κ1) is 15.2. The van der Waals surface area contributed by atoms with Crippen LogP contribution in [-0.4, -0.2) is 14.2 Å². The molecule has 2 aromatic rings. The van der Waals surface area contributed by atoms with Crippen molar-refractivity contribution in [3.8, 4) is 16.9 Å². The summed E-state index contributed by atoms with van der Waals surface area (Å²) < 4.78 is 10.6. The number of methoxy groups -OCH3 is 2. The predicted molar refractivity (Wildman–Crippen MR) is 88.6 cm³/mol. The Balaban J connectivity index is 2.64. The highest BCUT2D eigenvalue weighted by Crippen LogP contribution is 2.33. The lowest BCUT2D eigenvalue weighted by atomic mass is 9.93. The van der Waals surface area contributed by atoms with Gasteiger partial charge >= 0.3 is 0 Å². The molecule has 0 saturated carbocycles. The van der Waals surface area contributed by atoms with Crippen LogP contribution >= 0.6 is 0 Å². The van der Waals surface area contributed by atoms with Crippen LogP contribution in [0.25, 0.3) is 16.7 Å². The minimum atomic E-state index is 0.856. The number of ether oxygens (including phenoxy) is 2.